The first-order valence-corrected chi connectivity index (χ1v) is 6.88. The third-order valence-corrected chi connectivity index (χ3v) is 3.36. The van der Waals surface area contributed by atoms with Crippen molar-refractivity contribution in [3.8, 4) is 11.1 Å². The third kappa shape index (κ3) is 3.51. The smallest absolute Gasteiger partial charge is 0.411 e. The van der Waals surface area contributed by atoms with E-state index in [4.69, 9.17) is 0 Å². The van der Waals surface area contributed by atoms with Crippen molar-refractivity contribution in [3.63, 3.8) is 0 Å². The second-order valence-electron chi connectivity index (χ2n) is 4.69. The van der Waals surface area contributed by atoms with Gasteiger partial charge in [0.2, 0.25) is 0 Å². The van der Waals surface area contributed by atoms with Crippen LogP contribution in [0.4, 0.5) is 4.79 Å². The van der Waals surface area contributed by atoms with Gasteiger partial charge in [-0.3, -0.25) is 5.32 Å². The molecule has 0 unspecified atom stereocenters. The van der Waals surface area contributed by atoms with Crippen LogP contribution in [0.15, 0.2) is 55.1 Å². The van der Waals surface area contributed by atoms with Crippen molar-refractivity contribution in [2.75, 3.05) is 7.11 Å². The molecule has 3 heteroatoms. The molecular formula is C18H19NO2. The maximum atomic E-state index is 11.3. The fourth-order valence-corrected chi connectivity index (χ4v) is 2.16. The maximum absolute atomic E-state index is 11.3. The van der Waals surface area contributed by atoms with E-state index in [1.807, 2.05) is 24.3 Å². The molecule has 2 rings (SSSR count). The zero-order chi connectivity index (χ0) is 15.2. The van der Waals surface area contributed by atoms with Gasteiger partial charge in [-0.2, -0.15) is 0 Å². The van der Waals surface area contributed by atoms with Crippen molar-refractivity contribution >= 4 is 11.8 Å². The average Bonchev–Trinajstić information content (AvgIpc) is 2.54. The molecule has 0 atom stereocenters. The number of benzene rings is 2. The Balaban J connectivity index is 2.35. The number of hydrogen-bond acceptors (Lipinski definition) is 2. The number of amides is 1. The maximum Gasteiger partial charge on any atom is 0.411 e. The van der Waals surface area contributed by atoms with Crippen LogP contribution in [0.25, 0.3) is 16.8 Å². The Morgan fingerprint density at radius 3 is 2.43 bits per heavy atom. The molecule has 0 aliphatic carbocycles. The van der Waals surface area contributed by atoms with Crippen molar-refractivity contribution in [3.05, 3.63) is 66.2 Å². The predicted octanol–water partition coefficient (Wildman–Crippen LogP) is 4.24. The van der Waals surface area contributed by atoms with Crippen LogP contribution >= 0.6 is 0 Å². The van der Waals surface area contributed by atoms with Gasteiger partial charge in [0.05, 0.1) is 7.11 Å². The summed E-state index contributed by atoms with van der Waals surface area (Å²) in [5.74, 6) is 0. The summed E-state index contributed by atoms with van der Waals surface area (Å²) in [5.41, 5.74) is 4.82. The van der Waals surface area contributed by atoms with Crippen LogP contribution in [0.2, 0.25) is 0 Å². The van der Waals surface area contributed by atoms with E-state index in [1.54, 1.807) is 0 Å². The minimum absolute atomic E-state index is 0.517. The first kappa shape index (κ1) is 14.9. The summed E-state index contributed by atoms with van der Waals surface area (Å²) < 4.78 is 4.61. The van der Waals surface area contributed by atoms with Gasteiger partial charge in [0, 0.05) is 11.3 Å². The Bertz CT molecular complexity index is 645. The first-order valence-electron chi connectivity index (χ1n) is 6.88. The van der Waals surface area contributed by atoms with Gasteiger partial charge >= 0.3 is 6.09 Å². The largest absolute Gasteiger partial charge is 0.453 e. The summed E-state index contributed by atoms with van der Waals surface area (Å²) in [4.78, 5) is 11.3. The molecular weight excluding hydrogens is 262 g/mol. The zero-order valence-corrected chi connectivity index (χ0v) is 12.3. The number of carbonyl (C=O) groups is 1. The van der Waals surface area contributed by atoms with Gasteiger partial charge in [0.15, 0.2) is 0 Å². The molecule has 0 heterocycles. The lowest BCUT2D eigenvalue weighted by atomic mass is 9.97. The summed E-state index contributed by atoms with van der Waals surface area (Å²) in [5, 5.41) is 2.62. The van der Waals surface area contributed by atoms with Crippen molar-refractivity contribution in [1.82, 2.24) is 5.32 Å². The van der Waals surface area contributed by atoms with E-state index >= 15 is 0 Å². The highest BCUT2D eigenvalue weighted by Crippen LogP contribution is 2.27. The number of aryl methyl sites for hydroxylation is 1. The van der Waals surface area contributed by atoms with Gasteiger partial charge in [-0.1, -0.05) is 62.0 Å². The number of ether oxygens (including phenoxy) is 1. The standard InChI is InChI=1S/C18H19NO2/c1-4-14-9-11-15(12-10-14)17-8-6-5-7-16(17)13(2)19-18(20)21-3/h5-12H,2,4H2,1,3H3,(H,19,20). The molecule has 108 valence electrons. The molecule has 0 radical (unpaired) electrons. The van der Waals surface area contributed by atoms with E-state index in [-0.39, 0.29) is 0 Å². The number of nitrogens with one attached hydrogen (secondary N) is 1. The second-order valence-corrected chi connectivity index (χ2v) is 4.69. The molecule has 1 amide bonds. The Hall–Kier alpha value is -2.55. The number of rotatable bonds is 4. The van der Waals surface area contributed by atoms with Crippen LogP contribution < -0.4 is 5.32 Å². The van der Waals surface area contributed by atoms with Crippen LogP contribution in [-0.4, -0.2) is 13.2 Å². The number of alkyl carbamates (subject to hydrolysis) is 1. The highest BCUT2D eigenvalue weighted by molar-refractivity contribution is 5.86. The fourth-order valence-electron chi connectivity index (χ4n) is 2.16. The molecule has 0 aliphatic rings. The summed E-state index contributed by atoms with van der Waals surface area (Å²) >= 11 is 0. The Labute approximate surface area is 125 Å². The van der Waals surface area contributed by atoms with Gasteiger partial charge in [-0.25, -0.2) is 4.79 Å². The fraction of sp³-hybridized carbons (Fsp3) is 0.167. The molecule has 0 bridgehead atoms. The van der Waals surface area contributed by atoms with Crippen LogP contribution in [0.3, 0.4) is 0 Å². The van der Waals surface area contributed by atoms with Crippen molar-refractivity contribution in [2.45, 2.75) is 13.3 Å². The highest BCUT2D eigenvalue weighted by Gasteiger charge is 2.10. The van der Waals surface area contributed by atoms with E-state index in [0.29, 0.717) is 5.70 Å². The van der Waals surface area contributed by atoms with E-state index < -0.39 is 6.09 Å². The van der Waals surface area contributed by atoms with Crippen LogP contribution in [-0.2, 0) is 11.2 Å². The molecule has 0 aromatic heterocycles. The van der Waals surface area contributed by atoms with E-state index in [9.17, 15) is 4.79 Å². The SMILES string of the molecule is C=C(NC(=O)OC)c1ccccc1-c1ccc(CC)cc1. The third-order valence-electron chi connectivity index (χ3n) is 3.36. The van der Waals surface area contributed by atoms with Gasteiger partial charge in [0.25, 0.3) is 0 Å². The lowest BCUT2D eigenvalue weighted by Gasteiger charge is -2.13. The van der Waals surface area contributed by atoms with Gasteiger partial charge in [0.1, 0.15) is 0 Å². The van der Waals surface area contributed by atoms with Gasteiger partial charge in [-0.15, -0.1) is 0 Å². The van der Waals surface area contributed by atoms with Crippen LogP contribution in [0.5, 0.6) is 0 Å². The Morgan fingerprint density at radius 1 is 1.14 bits per heavy atom. The van der Waals surface area contributed by atoms with E-state index in [0.717, 1.165) is 23.1 Å². The molecule has 1 N–H and O–H groups in total. The average molecular weight is 281 g/mol. The number of methoxy groups -OCH3 is 1. The molecule has 0 saturated heterocycles. The first-order chi connectivity index (χ1) is 10.2. The lowest BCUT2D eigenvalue weighted by Crippen LogP contribution is -2.21. The summed E-state index contributed by atoms with van der Waals surface area (Å²) in [6.45, 7) is 6.05. The molecule has 3 nitrogen and oxygen atoms in total. The second kappa shape index (κ2) is 6.75. The van der Waals surface area contributed by atoms with Crippen molar-refractivity contribution in [2.24, 2.45) is 0 Å². The molecule has 0 spiro atoms. The molecule has 0 fully saturated rings. The van der Waals surface area contributed by atoms with Crippen LogP contribution in [0, 0.1) is 0 Å². The predicted molar refractivity (Wildman–Crippen MR) is 85.8 cm³/mol. The topological polar surface area (TPSA) is 38.3 Å². The summed E-state index contributed by atoms with van der Waals surface area (Å²) in [6, 6.07) is 16.2. The number of hydrogen-bond donors (Lipinski definition) is 1. The van der Waals surface area contributed by atoms with E-state index in [2.05, 4.69) is 47.8 Å². The van der Waals surface area contributed by atoms with Crippen molar-refractivity contribution in [1.29, 1.82) is 0 Å². The lowest BCUT2D eigenvalue weighted by molar-refractivity contribution is 0.176. The Morgan fingerprint density at radius 2 is 1.81 bits per heavy atom. The van der Waals surface area contributed by atoms with Gasteiger partial charge in [-0.05, 0) is 23.1 Å². The highest BCUT2D eigenvalue weighted by atomic mass is 16.5. The molecule has 2 aromatic carbocycles. The summed E-state index contributed by atoms with van der Waals surface area (Å²) in [6.07, 6.45) is 0.495. The normalized spacial score (nSPS) is 10.0. The van der Waals surface area contributed by atoms with E-state index in [1.165, 1.54) is 12.7 Å². The zero-order valence-electron chi connectivity index (χ0n) is 12.3. The van der Waals surface area contributed by atoms with Crippen molar-refractivity contribution < 1.29 is 9.53 Å². The molecule has 0 aliphatic heterocycles. The molecule has 0 saturated carbocycles. The van der Waals surface area contributed by atoms with Gasteiger partial charge < -0.3 is 4.74 Å². The minimum atomic E-state index is -0.517. The molecule has 2 aromatic rings. The molecule has 21 heavy (non-hydrogen) atoms. The Kier molecular flexibility index (Phi) is 4.77. The quantitative estimate of drug-likeness (QED) is 0.910. The minimum Gasteiger partial charge on any atom is -0.453 e. The number of carbonyl (C=O) groups excluding carboxylic acids is 1. The summed E-state index contributed by atoms with van der Waals surface area (Å²) in [7, 11) is 1.33. The monoisotopic (exact) mass is 281 g/mol. The van der Waals surface area contributed by atoms with Crippen LogP contribution in [0.1, 0.15) is 18.1 Å².